The zero-order valence-corrected chi connectivity index (χ0v) is 20.9. The van der Waals surface area contributed by atoms with Gasteiger partial charge in [0.15, 0.2) is 0 Å². The number of urea groups is 1. The highest BCUT2D eigenvalue weighted by molar-refractivity contribution is 9.11. The molecule has 5 nitrogen and oxygen atoms in total. The molecule has 12 heteroatoms. The Morgan fingerprint density at radius 1 is 0.906 bits per heavy atom. The fraction of sp³-hybridized carbons (Fsp3) is 0. The maximum atomic E-state index is 13.7. The zero-order chi connectivity index (χ0) is 23.6. The molecular weight excluding hydrogens is 620 g/mol. The van der Waals surface area contributed by atoms with Crippen LogP contribution < -0.4 is 15.4 Å². The highest BCUT2D eigenvalue weighted by atomic mass is 79.9. The van der Waals surface area contributed by atoms with Crippen molar-refractivity contribution in [3.8, 4) is 11.5 Å². The molecule has 166 valence electrons. The second kappa shape index (κ2) is 10.4. The Labute approximate surface area is 212 Å². The Morgan fingerprint density at radius 3 is 2.19 bits per heavy atom. The smallest absolute Gasteiger partial charge is 0.326 e. The van der Waals surface area contributed by atoms with E-state index in [0.29, 0.717) is 10.2 Å². The Bertz CT molecular complexity index is 1220. The summed E-state index contributed by atoms with van der Waals surface area (Å²) in [5.41, 5.74) is -1.05. The molecule has 0 saturated carbocycles. The predicted octanol–water partition coefficient (Wildman–Crippen LogP) is 8.20. The summed E-state index contributed by atoms with van der Waals surface area (Å²) in [7, 11) is 0. The third-order valence-electron chi connectivity index (χ3n) is 3.89. The number of hydrogen-bond donors (Lipinski definition) is 2. The number of hydrogen-bond acceptors (Lipinski definition) is 3. The second-order valence-corrected chi connectivity index (χ2v) is 8.97. The van der Waals surface area contributed by atoms with Gasteiger partial charge in [0.05, 0.1) is 20.2 Å². The van der Waals surface area contributed by atoms with Gasteiger partial charge in [-0.25, -0.2) is 13.6 Å². The molecule has 0 aromatic heterocycles. The van der Waals surface area contributed by atoms with E-state index >= 15 is 0 Å². The van der Waals surface area contributed by atoms with Crippen molar-refractivity contribution in [3.05, 3.63) is 83.7 Å². The highest BCUT2D eigenvalue weighted by Crippen LogP contribution is 2.45. The molecule has 0 spiro atoms. The lowest BCUT2D eigenvalue weighted by atomic mass is 10.2. The van der Waals surface area contributed by atoms with E-state index in [1.807, 2.05) is 0 Å². The highest BCUT2D eigenvalue weighted by Gasteiger charge is 2.22. The third-order valence-corrected chi connectivity index (χ3v) is 6.16. The molecule has 3 aromatic rings. The first-order chi connectivity index (χ1) is 15.1. The van der Waals surface area contributed by atoms with Crippen molar-refractivity contribution in [2.24, 2.45) is 0 Å². The predicted molar refractivity (Wildman–Crippen MR) is 126 cm³/mol. The van der Waals surface area contributed by atoms with E-state index < -0.39 is 29.1 Å². The number of halogens is 7. The summed E-state index contributed by atoms with van der Waals surface area (Å²) in [5.74, 6) is -3.04. The molecule has 3 amide bonds. The first-order valence-electron chi connectivity index (χ1n) is 8.45. The molecule has 0 fully saturated rings. The molecule has 0 unspecified atom stereocenters. The van der Waals surface area contributed by atoms with Gasteiger partial charge in [0.2, 0.25) is 0 Å². The fourth-order valence-corrected chi connectivity index (χ4v) is 4.31. The topological polar surface area (TPSA) is 67.4 Å². The normalized spacial score (nSPS) is 10.6. The minimum atomic E-state index is -1.29. The number of anilines is 1. The monoisotopic (exact) mass is 626 g/mol. The molecule has 0 heterocycles. The minimum absolute atomic E-state index is 0.0673. The number of nitrogens with one attached hydrogen (secondary N) is 2. The minimum Gasteiger partial charge on any atom is -0.455 e. The van der Waals surface area contributed by atoms with Gasteiger partial charge in [-0.05, 0) is 46.3 Å². The number of carbonyl (C=O) groups excluding carboxylic acids is 2. The van der Waals surface area contributed by atoms with E-state index in [0.717, 1.165) is 22.7 Å². The Morgan fingerprint density at radius 2 is 1.56 bits per heavy atom. The van der Waals surface area contributed by atoms with Crippen LogP contribution in [0.25, 0.3) is 0 Å². The summed E-state index contributed by atoms with van der Waals surface area (Å²) >= 11 is 25.3. The van der Waals surface area contributed by atoms with Crippen molar-refractivity contribution < 1.29 is 23.1 Å². The largest absolute Gasteiger partial charge is 0.455 e. The van der Waals surface area contributed by atoms with Crippen LogP contribution in [0, 0.1) is 11.6 Å². The van der Waals surface area contributed by atoms with Crippen LogP contribution in [-0.2, 0) is 0 Å². The molecule has 32 heavy (non-hydrogen) atoms. The van der Waals surface area contributed by atoms with Gasteiger partial charge in [-0.1, -0.05) is 56.8 Å². The van der Waals surface area contributed by atoms with E-state index in [2.05, 4.69) is 37.2 Å². The molecule has 0 bridgehead atoms. The van der Waals surface area contributed by atoms with Crippen molar-refractivity contribution in [2.75, 3.05) is 5.32 Å². The average molecular weight is 629 g/mol. The van der Waals surface area contributed by atoms with E-state index in [-0.39, 0.29) is 26.5 Å². The standard InChI is InChI=1S/C20H9Br2Cl3F2N2O3/c21-8-4-5-13(9(22)6-8)32-14-7-10(23)18(17(25)16(14)24)28-20(31)29-19(30)15-11(26)2-1-3-12(15)27/h1-7H,(H2,28,29,30,31). The Balaban J connectivity index is 1.81. The maximum absolute atomic E-state index is 13.7. The molecular formula is C20H9Br2Cl3F2N2O3. The molecule has 0 atom stereocenters. The van der Waals surface area contributed by atoms with Crippen LogP contribution in [0.5, 0.6) is 11.5 Å². The number of amides is 3. The zero-order valence-electron chi connectivity index (χ0n) is 15.4. The first-order valence-corrected chi connectivity index (χ1v) is 11.2. The summed E-state index contributed by atoms with van der Waals surface area (Å²) < 4.78 is 34.6. The van der Waals surface area contributed by atoms with Crippen LogP contribution in [0.3, 0.4) is 0 Å². The van der Waals surface area contributed by atoms with Gasteiger partial charge < -0.3 is 10.1 Å². The van der Waals surface area contributed by atoms with Crippen LogP contribution in [0.4, 0.5) is 19.3 Å². The summed E-state index contributed by atoms with van der Waals surface area (Å²) in [5, 5.41) is 3.71. The third kappa shape index (κ3) is 5.52. The molecule has 2 N–H and O–H groups in total. The van der Waals surface area contributed by atoms with Gasteiger partial charge >= 0.3 is 6.03 Å². The molecule has 0 aliphatic rings. The molecule has 0 saturated heterocycles. The summed E-state index contributed by atoms with van der Waals surface area (Å²) in [6.45, 7) is 0. The lowest BCUT2D eigenvalue weighted by Gasteiger charge is -2.15. The van der Waals surface area contributed by atoms with Crippen molar-refractivity contribution in [2.45, 2.75) is 0 Å². The lowest BCUT2D eigenvalue weighted by Crippen LogP contribution is -2.35. The van der Waals surface area contributed by atoms with Crippen LogP contribution in [0.2, 0.25) is 15.1 Å². The van der Waals surface area contributed by atoms with E-state index in [1.54, 1.807) is 23.5 Å². The summed E-state index contributed by atoms with van der Waals surface area (Å²) in [4.78, 5) is 24.3. The van der Waals surface area contributed by atoms with Crippen molar-refractivity contribution in [1.82, 2.24) is 5.32 Å². The fourth-order valence-electron chi connectivity index (χ4n) is 2.46. The van der Waals surface area contributed by atoms with Crippen molar-refractivity contribution in [1.29, 1.82) is 0 Å². The number of benzene rings is 3. The number of imide groups is 1. The van der Waals surface area contributed by atoms with Gasteiger partial charge in [-0.15, -0.1) is 0 Å². The second-order valence-electron chi connectivity index (χ2n) is 6.04. The maximum Gasteiger partial charge on any atom is 0.326 e. The summed E-state index contributed by atoms with van der Waals surface area (Å²) in [6.07, 6.45) is 0. The van der Waals surface area contributed by atoms with Gasteiger partial charge in [-0.3, -0.25) is 10.1 Å². The van der Waals surface area contributed by atoms with Crippen molar-refractivity contribution >= 4 is 84.3 Å². The average Bonchev–Trinajstić information content (AvgIpc) is 2.71. The first kappa shape index (κ1) is 24.7. The molecule has 3 aromatic carbocycles. The van der Waals surface area contributed by atoms with Gasteiger partial charge in [0, 0.05) is 10.5 Å². The van der Waals surface area contributed by atoms with Gasteiger partial charge in [-0.2, -0.15) is 0 Å². The molecule has 0 aliphatic heterocycles. The SMILES string of the molecule is O=C(NC(=O)c1c(F)cccc1F)Nc1c(Cl)cc(Oc2ccc(Br)cc2Br)c(Cl)c1Cl. The Hall–Kier alpha value is -1.91. The van der Waals surface area contributed by atoms with Crippen LogP contribution >= 0.6 is 66.7 Å². The molecule has 0 radical (unpaired) electrons. The lowest BCUT2D eigenvalue weighted by molar-refractivity contribution is 0.0959. The van der Waals surface area contributed by atoms with E-state index in [4.69, 9.17) is 39.5 Å². The number of carbonyl (C=O) groups is 2. The van der Waals surface area contributed by atoms with E-state index in [9.17, 15) is 18.4 Å². The molecule has 3 rings (SSSR count). The number of ether oxygens (including phenoxy) is 1. The van der Waals surface area contributed by atoms with Crippen molar-refractivity contribution in [3.63, 3.8) is 0 Å². The van der Waals surface area contributed by atoms with Gasteiger partial charge in [0.1, 0.15) is 33.7 Å². The summed E-state index contributed by atoms with van der Waals surface area (Å²) in [6, 6.07) is 8.17. The van der Waals surface area contributed by atoms with Crippen LogP contribution in [0.15, 0.2) is 51.4 Å². The quantitative estimate of drug-likeness (QED) is 0.286. The Kier molecular flexibility index (Phi) is 8.00. The molecule has 0 aliphatic carbocycles. The van der Waals surface area contributed by atoms with Crippen LogP contribution in [0.1, 0.15) is 10.4 Å². The van der Waals surface area contributed by atoms with Gasteiger partial charge in [0.25, 0.3) is 5.91 Å². The van der Waals surface area contributed by atoms with E-state index in [1.165, 1.54) is 6.07 Å². The number of rotatable bonds is 4. The van der Waals surface area contributed by atoms with Crippen LogP contribution in [-0.4, -0.2) is 11.9 Å².